The third-order valence-electron chi connectivity index (χ3n) is 6.06. The number of benzene rings is 1. The monoisotopic (exact) mass is 411 g/mol. The Morgan fingerprint density at radius 1 is 1.07 bits per heavy atom. The first-order chi connectivity index (χ1) is 14.5. The molecule has 158 valence electrons. The first-order valence-corrected chi connectivity index (χ1v) is 10.2. The zero-order valence-corrected chi connectivity index (χ0v) is 17.2. The average molecular weight is 411 g/mol. The highest BCUT2D eigenvalue weighted by Gasteiger charge is 2.36. The van der Waals surface area contributed by atoms with Crippen LogP contribution in [0.25, 0.3) is 5.69 Å². The van der Waals surface area contributed by atoms with E-state index in [-0.39, 0.29) is 35.8 Å². The third-order valence-corrected chi connectivity index (χ3v) is 6.06. The predicted octanol–water partition coefficient (Wildman–Crippen LogP) is 1.28. The molecule has 8 nitrogen and oxygen atoms in total. The lowest BCUT2D eigenvalue weighted by molar-refractivity contribution is 0.0482. The molecule has 8 heteroatoms. The standard InChI is InChI=1S/C22H25N3O5/c1-14-5-6-24(16-3-4-18-19(7-16)30-13-29-18)21(26)20(14)22(27)25-9-15-8-23(2)10-17(25)12-28-11-15/h3-7,15,17H,8-13H2,1-2H3/t15-,17-/m0/s1. The van der Waals surface area contributed by atoms with E-state index in [9.17, 15) is 9.59 Å². The maximum Gasteiger partial charge on any atom is 0.268 e. The van der Waals surface area contributed by atoms with Gasteiger partial charge >= 0.3 is 0 Å². The lowest BCUT2D eigenvalue weighted by atomic mass is 10.1. The van der Waals surface area contributed by atoms with Crippen LogP contribution in [0.3, 0.4) is 0 Å². The number of pyridine rings is 1. The molecule has 2 aromatic rings. The first-order valence-electron chi connectivity index (χ1n) is 10.2. The highest BCUT2D eigenvalue weighted by molar-refractivity contribution is 5.95. The van der Waals surface area contributed by atoms with Gasteiger partial charge in [-0.25, -0.2) is 0 Å². The van der Waals surface area contributed by atoms with Crippen molar-refractivity contribution in [1.29, 1.82) is 0 Å². The van der Waals surface area contributed by atoms with Crippen molar-refractivity contribution in [1.82, 2.24) is 14.4 Å². The van der Waals surface area contributed by atoms with Gasteiger partial charge < -0.3 is 24.0 Å². The summed E-state index contributed by atoms with van der Waals surface area (Å²) in [4.78, 5) is 31.1. The number of aromatic nitrogens is 1. The van der Waals surface area contributed by atoms with Crippen LogP contribution < -0.4 is 15.0 Å². The number of aryl methyl sites for hydroxylation is 1. The van der Waals surface area contributed by atoms with Crippen LogP contribution in [0.4, 0.5) is 0 Å². The number of amides is 1. The fourth-order valence-electron chi connectivity index (χ4n) is 4.59. The van der Waals surface area contributed by atoms with Gasteiger partial charge in [0.25, 0.3) is 11.5 Å². The molecule has 4 heterocycles. The summed E-state index contributed by atoms with van der Waals surface area (Å²) in [5.74, 6) is 1.26. The number of hydrogen-bond acceptors (Lipinski definition) is 6. The molecule has 30 heavy (non-hydrogen) atoms. The molecule has 1 amide bonds. The third kappa shape index (κ3) is 3.26. The molecule has 3 aliphatic heterocycles. The van der Waals surface area contributed by atoms with Gasteiger partial charge in [-0.05, 0) is 37.7 Å². The van der Waals surface area contributed by atoms with E-state index in [2.05, 4.69) is 11.9 Å². The lowest BCUT2D eigenvalue weighted by Gasteiger charge is -2.30. The van der Waals surface area contributed by atoms with E-state index in [0.717, 1.165) is 13.1 Å². The van der Waals surface area contributed by atoms with Crippen molar-refractivity contribution in [3.05, 3.63) is 51.9 Å². The zero-order chi connectivity index (χ0) is 20.8. The van der Waals surface area contributed by atoms with Gasteiger partial charge in [-0.2, -0.15) is 0 Å². The number of carbonyl (C=O) groups excluding carboxylic acids is 1. The molecule has 5 rings (SSSR count). The molecule has 1 aromatic heterocycles. The summed E-state index contributed by atoms with van der Waals surface area (Å²) in [6, 6.07) is 7.07. The molecule has 0 N–H and O–H groups in total. The van der Waals surface area contributed by atoms with Gasteiger partial charge in [0.05, 0.1) is 24.9 Å². The largest absolute Gasteiger partial charge is 0.454 e. The zero-order valence-electron chi connectivity index (χ0n) is 17.2. The Morgan fingerprint density at radius 3 is 2.77 bits per heavy atom. The molecule has 2 bridgehead atoms. The second-order valence-corrected chi connectivity index (χ2v) is 8.32. The Kier molecular flexibility index (Phi) is 4.75. The summed E-state index contributed by atoms with van der Waals surface area (Å²) in [6.07, 6.45) is 1.70. The van der Waals surface area contributed by atoms with Gasteiger partial charge in [0, 0.05) is 37.8 Å². The van der Waals surface area contributed by atoms with Crippen molar-refractivity contribution in [2.45, 2.75) is 13.0 Å². The van der Waals surface area contributed by atoms with Crippen LogP contribution in [-0.4, -0.2) is 73.0 Å². The summed E-state index contributed by atoms with van der Waals surface area (Å²) in [7, 11) is 2.07. The van der Waals surface area contributed by atoms with E-state index >= 15 is 0 Å². The van der Waals surface area contributed by atoms with E-state index < -0.39 is 0 Å². The van der Waals surface area contributed by atoms with E-state index in [4.69, 9.17) is 14.2 Å². The van der Waals surface area contributed by atoms with Crippen molar-refractivity contribution >= 4 is 5.91 Å². The number of nitrogens with zero attached hydrogens (tertiary/aromatic N) is 3. The molecule has 3 aliphatic rings. The highest BCUT2D eigenvalue weighted by atomic mass is 16.7. The Labute approximate surface area is 174 Å². The topological polar surface area (TPSA) is 73.2 Å². The van der Waals surface area contributed by atoms with Gasteiger partial charge in [-0.15, -0.1) is 0 Å². The Morgan fingerprint density at radius 2 is 1.90 bits per heavy atom. The Bertz CT molecular complexity index is 1050. The van der Waals surface area contributed by atoms with Crippen molar-refractivity contribution in [2.75, 3.05) is 46.7 Å². The first kappa shape index (κ1) is 19.1. The van der Waals surface area contributed by atoms with Crippen molar-refractivity contribution < 1.29 is 19.0 Å². The summed E-state index contributed by atoms with van der Waals surface area (Å²) < 4.78 is 18.1. The van der Waals surface area contributed by atoms with Crippen molar-refractivity contribution in [3.8, 4) is 17.2 Å². The average Bonchev–Trinajstić information content (AvgIpc) is 3.01. The summed E-state index contributed by atoms with van der Waals surface area (Å²) in [5, 5.41) is 0. The second-order valence-electron chi connectivity index (χ2n) is 8.32. The van der Waals surface area contributed by atoms with Crippen LogP contribution in [0.1, 0.15) is 15.9 Å². The molecular weight excluding hydrogens is 386 g/mol. The van der Waals surface area contributed by atoms with Gasteiger partial charge in [-0.3, -0.25) is 14.2 Å². The fourth-order valence-corrected chi connectivity index (χ4v) is 4.59. The van der Waals surface area contributed by atoms with Crippen molar-refractivity contribution in [3.63, 3.8) is 0 Å². The second kappa shape index (κ2) is 7.45. The minimum absolute atomic E-state index is 0.0620. The molecule has 0 unspecified atom stereocenters. The van der Waals surface area contributed by atoms with Gasteiger partial charge in [-0.1, -0.05) is 0 Å². The smallest absolute Gasteiger partial charge is 0.268 e. The molecule has 0 radical (unpaired) electrons. The maximum absolute atomic E-state index is 13.6. The maximum atomic E-state index is 13.6. The molecule has 0 aliphatic carbocycles. The molecule has 2 fully saturated rings. The van der Waals surface area contributed by atoms with Gasteiger partial charge in [0.2, 0.25) is 6.79 Å². The number of carbonyl (C=O) groups is 1. The summed E-state index contributed by atoms with van der Waals surface area (Å²) >= 11 is 0. The van der Waals surface area contributed by atoms with Crippen LogP contribution in [0, 0.1) is 12.8 Å². The number of likely N-dealkylation sites (N-methyl/N-ethyl adjacent to an activating group) is 1. The van der Waals surface area contributed by atoms with Crippen LogP contribution in [0.2, 0.25) is 0 Å². The molecule has 1 aromatic carbocycles. The number of rotatable bonds is 2. The number of hydrogen-bond donors (Lipinski definition) is 0. The molecule has 2 atom stereocenters. The van der Waals surface area contributed by atoms with E-state index in [1.807, 2.05) is 17.9 Å². The SMILES string of the molecule is Cc1ccn(-c2ccc3c(c2)OCO3)c(=O)c1C(=O)N1C[C@H]2COC[C@@H]1CN(C)C2. The summed E-state index contributed by atoms with van der Waals surface area (Å²) in [6.45, 7) is 5.34. The molecule has 0 saturated carbocycles. The van der Waals surface area contributed by atoms with Crippen LogP contribution >= 0.6 is 0 Å². The van der Waals surface area contributed by atoms with E-state index in [0.29, 0.717) is 42.5 Å². The minimum atomic E-state index is -0.327. The molecule has 2 saturated heterocycles. The molecule has 0 spiro atoms. The van der Waals surface area contributed by atoms with Crippen molar-refractivity contribution in [2.24, 2.45) is 5.92 Å². The number of fused-ring (bicyclic) bond motifs is 4. The normalized spacial score (nSPS) is 23.3. The highest BCUT2D eigenvalue weighted by Crippen LogP contribution is 2.33. The van der Waals surface area contributed by atoms with Crippen LogP contribution in [0.15, 0.2) is 35.3 Å². The predicted molar refractivity (Wildman–Crippen MR) is 110 cm³/mol. The fraction of sp³-hybridized carbons (Fsp3) is 0.455. The van der Waals surface area contributed by atoms with Crippen LogP contribution in [0.5, 0.6) is 11.5 Å². The van der Waals surface area contributed by atoms with E-state index in [1.54, 1.807) is 24.4 Å². The Hall–Kier alpha value is -2.84. The lowest BCUT2D eigenvalue weighted by Crippen LogP contribution is -2.47. The van der Waals surface area contributed by atoms with E-state index in [1.165, 1.54) is 4.57 Å². The minimum Gasteiger partial charge on any atom is -0.454 e. The number of ether oxygens (including phenoxy) is 3. The van der Waals surface area contributed by atoms with Crippen LogP contribution in [-0.2, 0) is 4.74 Å². The van der Waals surface area contributed by atoms with Gasteiger partial charge in [0.15, 0.2) is 11.5 Å². The Balaban J connectivity index is 1.54. The summed E-state index contributed by atoms with van der Waals surface area (Å²) in [5.41, 5.74) is 1.20. The quantitative estimate of drug-likeness (QED) is 0.741. The molecular formula is C22H25N3O5. The van der Waals surface area contributed by atoms with Gasteiger partial charge in [0.1, 0.15) is 5.56 Å².